The molecule has 0 spiro atoms. The minimum absolute atomic E-state index is 0.0466. The lowest BCUT2D eigenvalue weighted by atomic mass is 10.1. The Balaban J connectivity index is 2.85. The first-order chi connectivity index (χ1) is 7.41. The number of Topliss-reactive ketones (excluding diaryl/α,β-unsaturated/α-hetero) is 1. The Morgan fingerprint density at radius 2 is 1.94 bits per heavy atom. The van der Waals surface area contributed by atoms with Crippen LogP contribution in [0.1, 0.15) is 25.0 Å². The number of rotatable bonds is 4. The van der Waals surface area contributed by atoms with Gasteiger partial charge in [0.25, 0.3) is 0 Å². The van der Waals surface area contributed by atoms with Crippen LogP contribution in [0.5, 0.6) is 0 Å². The van der Waals surface area contributed by atoms with Crippen LogP contribution in [0.15, 0.2) is 23.1 Å². The van der Waals surface area contributed by atoms with Crippen LogP contribution in [0.2, 0.25) is 0 Å². The maximum Gasteiger partial charge on any atom is 0.148 e. The minimum Gasteiger partial charge on any atom is -0.298 e. The molecule has 0 heterocycles. The normalized spacial score (nSPS) is 12.8. The van der Waals surface area contributed by atoms with Crippen molar-refractivity contribution in [3.63, 3.8) is 0 Å². The third-order valence-electron chi connectivity index (χ3n) is 2.49. The molecule has 0 aliphatic heterocycles. The molecule has 0 bridgehead atoms. The van der Waals surface area contributed by atoms with Gasteiger partial charge in [0.15, 0.2) is 0 Å². The van der Waals surface area contributed by atoms with E-state index in [1.54, 1.807) is 0 Å². The fraction of sp³-hybridized carbons (Fsp3) is 0.462. The minimum atomic E-state index is -1.20. The quantitative estimate of drug-likeness (QED) is 0.808. The summed E-state index contributed by atoms with van der Waals surface area (Å²) in [4.78, 5) is 12.3. The highest BCUT2D eigenvalue weighted by atomic mass is 32.2. The van der Waals surface area contributed by atoms with Crippen LogP contribution in [0.25, 0.3) is 0 Å². The van der Waals surface area contributed by atoms with Crippen molar-refractivity contribution in [1.82, 2.24) is 0 Å². The van der Waals surface area contributed by atoms with Crippen LogP contribution in [0.4, 0.5) is 0 Å². The molecule has 3 heteroatoms. The van der Waals surface area contributed by atoms with Crippen molar-refractivity contribution in [3.05, 3.63) is 29.3 Å². The summed E-state index contributed by atoms with van der Waals surface area (Å²) in [7, 11) is -1.20. The van der Waals surface area contributed by atoms with Crippen molar-refractivity contribution < 1.29 is 9.00 Å². The summed E-state index contributed by atoms with van der Waals surface area (Å²) in [5.74, 6) is 0.134. The van der Waals surface area contributed by atoms with E-state index in [0.29, 0.717) is 0 Å². The highest BCUT2D eigenvalue weighted by Gasteiger charge is 2.14. The molecule has 16 heavy (non-hydrogen) atoms. The summed E-state index contributed by atoms with van der Waals surface area (Å²) in [5, 5.41) is 0. The first kappa shape index (κ1) is 13.1. The largest absolute Gasteiger partial charge is 0.298 e. The molecule has 1 rings (SSSR count). The number of hydrogen-bond acceptors (Lipinski definition) is 2. The van der Waals surface area contributed by atoms with Gasteiger partial charge in [-0.1, -0.05) is 31.5 Å². The van der Waals surface area contributed by atoms with Crippen LogP contribution >= 0.6 is 0 Å². The van der Waals surface area contributed by atoms with Gasteiger partial charge in [-0.2, -0.15) is 0 Å². The average Bonchev–Trinajstić information content (AvgIpc) is 2.16. The van der Waals surface area contributed by atoms with Gasteiger partial charge >= 0.3 is 0 Å². The van der Waals surface area contributed by atoms with Gasteiger partial charge in [-0.05, 0) is 25.5 Å². The van der Waals surface area contributed by atoms with E-state index in [2.05, 4.69) is 0 Å². The maximum absolute atomic E-state index is 12.0. The van der Waals surface area contributed by atoms with E-state index in [9.17, 15) is 9.00 Å². The van der Waals surface area contributed by atoms with E-state index in [4.69, 9.17) is 0 Å². The molecule has 0 saturated carbocycles. The predicted octanol–water partition coefficient (Wildman–Crippen LogP) is 2.64. The monoisotopic (exact) mass is 238 g/mol. The Labute approximate surface area is 99.5 Å². The summed E-state index contributed by atoms with van der Waals surface area (Å²) < 4.78 is 12.0. The van der Waals surface area contributed by atoms with Crippen LogP contribution in [-0.2, 0) is 15.6 Å². The fourth-order valence-electron chi connectivity index (χ4n) is 1.43. The number of carbonyl (C=O) groups is 1. The molecule has 0 radical (unpaired) electrons. The van der Waals surface area contributed by atoms with Crippen LogP contribution in [0.3, 0.4) is 0 Å². The Hall–Kier alpha value is -0.960. The molecule has 0 aliphatic rings. The number of ketones is 1. The van der Waals surface area contributed by atoms with Gasteiger partial charge in [0.05, 0.1) is 16.6 Å². The SMILES string of the molecule is Cc1ccc(S(=O)CC(=O)C(C)C)c(C)c1. The molecule has 0 aliphatic carbocycles. The van der Waals surface area contributed by atoms with Gasteiger partial charge in [0.1, 0.15) is 5.78 Å². The summed E-state index contributed by atoms with van der Waals surface area (Å²) in [6, 6.07) is 5.78. The smallest absolute Gasteiger partial charge is 0.148 e. The van der Waals surface area contributed by atoms with Gasteiger partial charge in [0, 0.05) is 10.8 Å². The second kappa shape index (κ2) is 5.39. The molecule has 1 unspecified atom stereocenters. The molecule has 1 atom stereocenters. The van der Waals surface area contributed by atoms with E-state index in [1.807, 2.05) is 45.9 Å². The highest BCUT2D eigenvalue weighted by molar-refractivity contribution is 7.85. The number of aryl methyl sites for hydroxylation is 2. The predicted molar refractivity (Wildman–Crippen MR) is 67.0 cm³/mol. The second-order valence-corrected chi connectivity index (χ2v) is 5.80. The van der Waals surface area contributed by atoms with Gasteiger partial charge in [0.2, 0.25) is 0 Å². The fourth-order valence-corrected chi connectivity index (χ4v) is 2.81. The van der Waals surface area contributed by atoms with E-state index in [1.165, 1.54) is 0 Å². The Kier molecular flexibility index (Phi) is 4.42. The highest BCUT2D eigenvalue weighted by Crippen LogP contribution is 2.15. The van der Waals surface area contributed by atoms with Crippen LogP contribution in [0, 0.1) is 19.8 Å². The van der Waals surface area contributed by atoms with E-state index in [0.717, 1.165) is 16.0 Å². The first-order valence-electron chi connectivity index (χ1n) is 5.40. The Morgan fingerprint density at radius 1 is 1.31 bits per heavy atom. The van der Waals surface area contributed by atoms with Crippen LogP contribution in [-0.4, -0.2) is 15.7 Å². The van der Waals surface area contributed by atoms with E-state index < -0.39 is 10.8 Å². The number of carbonyl (C=O) groups excluding carboxylic acids is 1. The summed E-state index contributed by atoms with van der Waals surface area (Å²) in [5.41, 5.74) is 2.14. The van der Waals surface area contributed by atoms with Crippen molar-refractivity contribution in [1.29, 1.82) is 0 Å². The van der Waals surface area contributed by atoms with Gasteiger partial charge in [-0.3, -0.25) is 9.00 Å². The lowest BCUT2D eigenvalue weighted by Gasteiger charge is -2.07. The number of hydrogen-bond donors (Lipinski definition) is 0. The molecule has 1 aromatic carbocycles. The molecular formula is C13H18O2S. The molecule has 0 N–H and O–H groups in total. The topological polar surface area (TPSA) is 34.1 Å². The molecule has 2 nitrogen and oxygen atoms in total. The molecule has 88 valence electrons. The van der Waals surface area contributed by atoms with Crippen molar-refractivity contribution in [3.8, 4) is 0 Å². The van der Waals surface area contributed by atoms with Gasteiger partial charge in [-0.25, -0.2) is 0 Å². The molecule has 0 saturated heterocycles. The first-order valence-corrected chi connectivity index (χ1v) is 6.72. The molecule has 1 aromatic rings. The van der Waals surface area contributed by atoms with Gasteiger partial charge in [-0.15, -0.1) is 0 Å². The van der Waals surface area contributed by atoms with Crippen molar-refractivity contribution in [2.45, 2.75) is 32.6 Å². The second-order valence-electron chi connectivity index (χ2n) is 4.38. The third kappa shape index (κ3) is 3.27. The lowest BCUT2D eigenvalue weighted by Crippen LogP contribution is -2.16. The molecule has 0 amide bonds. The molecule has 0 aromatic heterocycles. The third-order valence-corrected chi connectivity index (χ3v) is 3.99. The van der Waals surface area contributed by atoms with Crippen molar-refractivity contribution in [2.75, 3.05) is 5.75 Å². The average molecular weight is 238 g/mol. The number of benzene rings is 1. The Morgan fingerprint density at radius 3 is 2.44 bits per heavy atom. The van der Waals surface area contributed by atoms with E-state index >= 15 is 0 Å². The zero-order chi connectivity index (χ0) is 12.3. The van der Waals surface area contributed by atoms with Crippen molar-refractivity contribution in [2.24, 2.45) is 5.92 Å². The summed E-state index contributed by atoms with van der Waals surface area (Å²) in [6.07, 6.45) is 0. The lowest BCUT2D eigenvalue weighted by molar-refractivity contribution is -0.119. The summed E-state index contributed by atoms with van der Waals surface area (Å²) in [6.45, 7) is 7.60. The zero-order valence-corrected chi connectivity index (χ0v) is 11.1. The maximum atomic E-state index is 12.0. The van der Waals surface area contributed by atoms with E-state index in [-0.39, 0.29) is 17.5 Å². The van der Waals surface area contributed by atoms with Crippen molar-refractivity contribution >= 4 is 16.6 Å². The van der Waals surface area contributed by atoms with Crippen LogP contribution < -0.4 is 0 Å². The Bertz CT molecular complexity index is 422. The summed E-state index contributed by atoms with van der Waals surface area (Å²) >= 11 is 0. The standard InChI is InChI=1S/C13H18O2S/c1-9(2)12(14)8-16(15)13-6-5-10(3)7-11(13)4/h5-7,9H,8H2,1-4H3. The van der Waals surface area contributed by atoms with Gasteiger partial charge < -0.3 is 0 Å². The molecular weight excluding hydrogens is 220 g/mol. The molecule has 0 fully saturated rings. The zero-order valence-electron chi connectivity index (χ0n) is 10.2.